The predicted molar refractivity (Wildman–Crippen MR) is 52.5 cm³/mol. The van der Waals surface area contributed by atoms with E-state index in [1.54, 1.807) is 0 Å². The molecule has 0 aliphatic carbocycles. The van der Waals surface area contributed by atoms with Crippen LogP contribution in [0.2, 0.25) is 0 Å². The number of nitrogens with one attached hydrogen (secondary N) is 1. The molecule has 12 heavy (non-hydrogen) atoms. The van der Waals surface area contributed by atoms with E-state index in [0.717, 1.165) is 10.5 Å². The molecule has 0 saturated carbocycles. The van der Waals surface area contributed by atoms with Gasteiger partial charge in [-0.2, -0.15) is 5.43 Å². The lowest BCUT2D eigenvalue weighted by Gasteiger charge is -2.29. The van der Waals surface area contributed by atoms with Crippen molar-refractivity contribution < 1.29 is 4.59 Å². The van der Waals surface area contributed by atoms with Crippen molar-refractivity contribution in [3.05, 3.63) is 0 Å². The summed E-state index contributed by atoms with van der Waals surface area (Å²) in [6.07, 6.45) is 0. The van der Waals surface area contributed by atoms with Crippen molar-refractivity contribution >= 4 is 0 Å². The van der Waals surface area contributed by atoms with Crippen LogP contribution in [0.4, 0.5) is 0 Å². The topological polar surface area (TPSA) is 12.0 Å². The molecule has 2 heteroatoms. The highest BCUT2D eigenvalue weighted by molar-refractivity contribution is 4.77. The Balaban J connectivity index is 2.57. The van der Waals surface area contributed by atoms with Crippen LogP contribution in [0.3, 0.4) is 0 Å². The van der Waals surface area contributed by atoms with E-state index in [-0.39, 0.29) is 0 Å². The third-order valence-corrected chi connectivity index (χ3v) is 3.27. The zero-order valence-electron chi connectivity index (χ0n) is 9.15. The quantitative estimate of drug-likeness (QED) is 0.591. The van der Waals surface area contributed by atoms with E-state index in [4.69, 9.17) is 0 Å². The van der Waals surface area contributed by atoms with E-state index in [2.05, 4.69) is 40.2 Å². The van der Waals surface area contributed by atoms with Gasteiger partial charge in [0, 0.05) is 5.92 Å². The fraction of sp³-hybridized carbons (Fsp3) is 1.00. The summed E-state index contributed by atoms with van der Waals surface area (Å²) in [5.74, 6) is 0.822. The predicted octanol–water partition coefficient (Wildman–Crippen LogP) is 1.63. The first-order valence-corrected chi connectivity index (χ1v) is 4.97. The van der Waals surface area contributed by atoms with Crippen molar-refractivity contribution in [2.24, 2.45) is 11.3 Å². The molecule has 1 aliphatic rings. The van der Waals surface area contributed by atoms with Gasteiger partial charge in [0.2, 0.25) is 0 Å². The van der Waals surface area contributed by atoms with Gasteiger partial charge in [-0.25, -0.2) is 4.59 Å². The molecule has 0 spiro atoms. The van der Waals surface area contributed by atoms with Gasteiger partial charge in [-0.15, -0.1) is 0 Å². The highest BCUT2D eigenvalue weighted by atomic mass is 15.7. The summed E-state index contributed by atoms with van der Waals surface area (Å²) in [5, 5.41) is 0. The van der Waals surface area contributed by atoms with Gasteiger partial charge in [-0.3, -0.25) is 0 Å². The summed E-state index contributed by atoms with van der Waals surface area (Å²) < 4.78 is 1.04. The number of nitrogens with zero attached hydrogens (tertiary/aromatic N) is 1. The molecule has 0 aromatic rings. The maximum absolute atomic E-state index is 3.58. The Kier molecular flexibility index (Phi) is 2.50. The monoisotopic (exact) mass is 171 g/mol. The molecule has 1 fully saturated rings. The normalized spacial score (nSPS) is 37.2. The van der Waals surface area contributed by atoms with E-state index < -0.39 is 0 Å². The first kappa shape index (κ1) is 10.0. The van der Waals surface area contributed by atoms with Crippen molar-refractivity contribution in [2.75, 3.05) is 26.7 Å². The van der Waals surface area contributed by atoms with Crippen molar-refractivity contribution in [3.63, 3.8) is 0 Å². The lowest BCUT2D eigenvalue weighted by molar-refractivity contribution is -0.939. The molecule has 1 saturated heterocycles. The van der Waals surface area contributed by atoms with E-state index >= 15 is 0 Å². The fourth-order valence-electron chi connectivity index (χ4n) is 1.77. The summed E-state index contributed by atoms with van der Waals surface area (Å²) in [6, 6.07) is 0. The van der Waals surface area contributed by atoms with Crippen LogP contribution >= 0.6 is 0 Å². The molecule has 1 aliphatic heterocycles. The minimum atomic E-state index is 0.457. The average Bonchev–Trinajstić information content (AvgIpc) is 2.32. The molecule has 1 N–H and O–H groups in total. The third-order valence-electron chi connectivity index (χ3n) is 3.27. The highest BCUT2D eigenvalue weighted by Crippen LogP contribution is 2.30. The summed E-state index contributed by atoms with van der Waals surface area (Å²) in [4.78, 5) is 0. The average molecular weight is 171 g/mol. The highest BCUT2D eigenvalue weighted by Gasteiger charge is 2.39. The zero-order chi connectivity index (χ0) is 9.41. The molecule has 2 atom stereocenters. The van der Waals surface area contributed by atoms with Crippen molar-refractivity contribution in [2.45, 2.75) is 27.7 Å². The molecule has 0 aromatic heterocycles. The first-order chi connectivity index (χ1) is 5.37. The fourth-order valence-corrected chi connectivity index (χ4v) is 1.77. The van der Waals surface area contributed by atoms with E-state index in [9.17, 15) is 0 Å². The van der Waals surface area contributed by atoms with Crippen LogP contribution in [0.5, 0.6) is 0 Å². The number of rotatable bonds is 1. The Bertz CT molecular complexity index is 160. The molecule has 72 valence electrons. The van der Waals surface area contributed by atoms with Gasteiger partial charge >= 0.3 is 0 Å². The van der Waals surface area contributed by atoms with Gasteiger partial charge in [-0.1, -0.05) is 20.8 Å². The molecule has 0 aromatic carbocycles. The molecule has 1 rings (SSSR count). The minimum absolute atomic E-state index is 0.457. The van der Waals surface area contributed by atoms with Crippen molar-refractivity contribution in [1.82, 2.24) is 5.43 Å². The van der Waals surface area contributed by atoms with Gasteiger partial charge < -0.3 is 0 Å². The Morgan fingerprint density at radius 2 is 2.00 bits per heavy atom. The maximum atomic E-state index is 3.58. The largest absolute Gasteiger partial charge is 0.248 e. The number of hydrogen-bond donors (Lipinski definition) is 1. The zero-order valence-corrected chi connectivity index (χ0v) is 9.15. The minimum Gasteiger partial charge on any atom is -0.248 e. The second-order valence-corrected chi connectivity index (χ2v) is 5.32. The summed E-state index contributed by atoms with van der Waals surface area (Å²) in [6.45, 7) is 12.9. The Morgan fingerprint density at radius 3 is 2.25 bits per heavy atom. The van der Waals surface area contributed by atoms with Crippen LogP contribution in [0.15, 0.2) is 0 Å². The van der Waals surface area contributed by atoms with Gasteiger partial charge in [0.1, 0.15) is 6.54 Å². The molecule has 0 radical (unpaired) electrons. The lowest BCUT2D eigenvalue weighted by Crippen LogP contribution is -2.49. The molecular weight excluding hydrogens is 148 g/mol. The molecule has 0 amide bonds. The van der Waals surface area contributed by atoms with Crippen LogP contribution in [-0.4, -0.2) is 31.3 Å². The second kappa shape index (κ2) is 3.00. The molecule has 2 nitrogen and oxygen atoms in total. The van der Waals surface area contributed by atoms with Crippen LogP contribution in [0.1, 0.15) is 27.7 Å². The maximum Gasteiger partial charge on any atom is 0.101 e. The standard InChI is InChI=1S/C10H23N2/c1-6-12(5)8-9(7-11-12)10(2,3)4/h9,11H,6-8H2,1-5H3/q+1. The molecule has 2 unspecified atom stereocenters. The lowest BCUT2D eigenvalue weighted by atomic mass is 9.81. The summed E-state index contributed by atoms with van der Waals surface area (Å²) in [5.41, 5.74) is 4.03. The van der Waals surface area contributed by atoms with Gasteiger partial charge in [0.05, 0.1) is 20.1 Å². The second-order valence-electron chi connectivity index (χ2n) is 5.32. The van der Waals surface area contributed by atoms with Crippen molar-refractivity contribution in [3.8, 4) is 0 Å². The van der Waals surface area contributed by atoms with E-state index in [0.29, 0.717) is 5.41 Å². The summed E-state index contributed by atoms with van der Waals surface area (Å²) in [7, 11) is 2.28. The van der Waals surface area contributed by atoms with Gasteiger partial charge in [-0.05, 0) is 12.3 Å². The van der Waals surface area contributed by atoms with Crippen LogP contribution < -0.4 is 5.43 Å². The Hall–Kier alpha value is -0.0800. The van der Waals surface area contributed by atoms with Gasteiger partial charge in [0.25, 0.3) is 0 Å². The summed E-state index contributed by atoms with van der Waals surface area (Å²) >= 11 is 0. The van der Waals surface area contributed by atoms with Gasteiger partial charge in [0.15, 0.2) is 0 Å². The van der Waals surface area contributed by atoms with Crippen molar-refractivity contribution in [1.29, 1.82) is 0 Å². The SMILES string of the molecule is CC[N+]1(C)CC(C(C)(C)C)CN1. The van der Waals surface area contributed by atoms with Crippen LogP contribution in [-0.2, 0) is 0 Å². The van der Waals surface area contributed by atoms with Crippen LogP contribution in [0.25, 0.3) is 0 Å². The van der Waals surface area contributed by atoms with Crippen LogP contribution in [0, 0.1) is 11.3 Å². The Labute approximate surface area is 76.5 Å². The Morgan fingerprint density at radius 1 is 1.42 bits per heavy atom. The smallest absolute Gasteiger partial charge is 0.101 e. The number of quaternary nitrogens is 1. The van der Waals surface area contributed by atoms with E-state index in [1.807, 2.05) is 0 Å². The first-order valence-electron chi connectivity index (χ1n) is 4.97. The molecule has 0 bridgehead atoms. The third kappa shape index (κ3) is 1.99. The number of hydrogen-bond acceptors (Lipinski definition) is 1. The molecule has 1 heterocycles. The molecular formula is C10H23N2+. The van der Waals surface area contributed by atoms with E-state index in [1.165, 1.54) is 19.6 Å².